The van der Waals surface area contributed by atoms with E-state index in [1.807, 2.05) is 4.90 Å². The van der Waals surface area contributed by atoms with E-state index in [1.165, 1.54) is 5.69 Å². The third-order valence-corrected chi connectivity index (χ3v) is 6.34. The summed E-state index contributed by atoms with van der Waals surface area (Å²) in [5.74, 6) is 0.324. The van der Waals surface area contributed by atoms with Crippen LogP contribution in [-0.2, 0) is 11.3 Å². The van der Waals surface area contributed by atoms with Gasteiger partial charge in [0.05, 0.1) is 10.7 Å². The molecule has 5 nitrogen and oxygen atoms in total. The van der Waals surface area contributed by atoms with Crippen LogP contribution in [0.3, 0.4) is 0 Å². The van der Waals surface area contributed by atoms with Crippen LogP contribution in [-0.4, -0.2) is 70.9 Å². The SMILES string of the molecule is CCN1CC[C@]2(CCC1=O)CN(Cc1csc(C)n1)CCN2C. The van der Waals surface area contributed by atoms with Gasteiger partial charge in [-0.05, 0) is 33.7 Å². The fourth-order valence-electron chi connectivity index (χ4n) is 3.95. The van der Waals surface area contributed by atoms with E-state index in [1.54, 1.807) is 11.3 Å². The average molecular weight is 337 g/mol. The molecule has 2 saturated heterocycles. The molecule has 2 aliphatic rings. The van der Waals surface area contributed by atoms with Crippen molar-refractivity contribution in [1.29, 1.82) is 0 Å². The molecule has 2 aliphatic heterocycles. The summed E-state index contributed by atoms with van der Waals surface area (Å²) >= 11 is 1.73. The zero-order valence-electron chi connectivity index (χ0n) is 14.5. The first-order valence-electron chi connectivity index (χ1n) is 8.65. The highest BCUT2D eigenvalue weighted by molar-refractivity contribution is 7.09. The van der Waals surface area contributed by atoms with Gasteiger partial charge in [-0.3, -0.25) is 14.6 Å². The Bertz CT molecular complexity index is 561. The molecule has 0 aromatic carbocycles. The van der Waals surface area contributed by atoms with Gasteiger partial charge in [0.25, 0.3) is 0 Å². The van der Waals surface area contributed by atoms with E-state index in [-0.39, 0.29) is 5.54 Å². The predicted molar refractivity (Wildman–Crippen MR) is 93.6 cm³/mol. The summed E-state index contributed by atoms with van der Waals surface area (Å²) in [5.41, 5.74) is 1.33. The van der Waals surface area contributed by atoms with Crippen LogP contribution in [0, 0.1) is 6.92 Å². The molecule has 0 aliphatic carbocycles. The Balaban J connectivity index is 1.71. The normalized spacial score (nSPS) is 27.6. The molecule has 128 valence electrons. The Labute approximate surface area is 143 Å². The predicted octanol–water partition coefficient (Wildman–Crippen LogP) is 1.97. The molecular weight excluding hydrogens is 308 g/mol. The van der Waals surface area contributed by atoms with Crippen molar-refractivity contribution in [2.75, 3.05) is 39.8 Å². The minimum absolute atomic E-state index is 0.142. The Morgan fingerprint density at radius 3 is 2.83 bits per heavy atom. The summed E-state index contributed by atoms with van der Waals surface area (Å²) < 4.78 is 0. The minimum atomic E-state index is 0.142. The second-order valence-electron chi connectivity index (χ2n) is 6.94. The summed E-state index contributed by atoms with van der Waals surface area (Å²) in [4.78, 5) is 23.9. The number of piperazine rings is 1. The summed E-state index contributed by atoms with van der Waals surface area (Å²) in [7, 11) is 2.23. The van der Waals surface area contributed by atoms with Crippen molar-refractivity contribution in [3.8, 4) is 0 Å². The molecule has 1 aromatic heterocycles. The molecule has 3 heterocycles. The van der Waals surface area contributed by atoms with Crippen LogP contribution in [0.15, 0.2) is 5.38 Å². The number of aryl methyl sites for hydroxylation is 1. The zero-order chi connectivity index (χ0) is 16.4. The van der Waals surface area contributed by atoms with Crippen molar-refractivity contribution in [3.05, 3.63) is 16.1 Å². The van der Waals surface area contributed by atoms with Crippen LogP contribution in [0.25, 0.3) is 0 Å². The molecule has 0 unspecified atom stereocenters. The number of carbonyl (C=O) groups is 1. The Kier molecular flexibility index (Phi) is 5.04. The fraction of sp³-hybridized carbons (Fsp3) is 0.765. The maximum Gasteiger partial charge on any atom is 0.222 e. The van der Waals surface area contributed by atoms with Crippen LogP contribution in [0.1, 0.15) is 36.9 Å². The molecule has 1 atom stereocenters. The molecular formula is C17H28N4OS. The van der Waals surface area contributed by atoms with Gasteiger partial charge in [-0.15, -0.1) is 11.3 Å². The van der Waals surface area contributed by atoms with Crippen LogP contribution in [0.4, 0.5) is 0 Å². The number of likely N-dealkylation sites (tertiary alicyclic amines) is 1. The van der Waals surface area contributed by atoms with Gasteiger partial charge < -0.3 is 4.90 Å². The zero-order valence-corrected chi connectivity index (χ0v) is 15.4. The van der Waals surface area contributed by atoms with E-state index in [0.29, 0.717) is 12.3 Å². The molecule has 6 heteroatoms. The number of amides is 1. The van der Waals surface area contributed by atoms with E-state index in [4.69, 9.17) is 0 Å². The first-order chi connectivity index (χ1) is 11.0. The monoisotopic (exact) mass is 336 g/mol. The lowest BCUT2D eigenvalue weighted by atomic mass is 9.86. The van der Waals surface area contributed by atoms with Crippen LogP contribution < -0.4 is 0 Å². The van der Waals surface area contributed by atoms with E-state index in [0.717, 1.165) is 57.1 Å². The van der Waals surface area contributed by atoms with Gasteiger partial charge in [0, 0.05) is 56.6 Å². The quantitative estimate of drug-likeness (QED) is 0.846. The van der Waals surface area contributed by atoms with Gasteiger partial charge in [-0.1, -0.05) is 0 Å². The van der Waals surface area contributed by atoms with Crippen molar-refractivity contribution in [3.63, 3.8) is 0 Å². The molecule has 0 saturated carbocycles. The number of carbonyl (C=O) groups excluding carboxylic acids is 1. The number of thiazole rings is 1. The Morgan fingerprint density at radius 1 is 1.30 bits per heavy atom. The van der Waals surface area contributed by atoms with Gasteiger partial charge in [0.15, 0.2) is 0 Å². The molecule has 23 heavy (non-hydrogen) atoms. The van der Waals surface area contributed by atoms with Crippen molar-refractivity contribution in [2.45, 2.75) is 45.2 Å². The Morgan fingerprint density at radius 2 is 2.13 bits per heavy atom. The second kappa shape index (κ2) is 6.87. The highest BCUT2D eigenvalue weighted by Crippen LogP contribution is 2.32. The smallest absolute Gasteiger partial charge is 0.222 e. The van der Waals surface area contributed by atoms with E-state index >= 15 is 0 Å². The van der Waals surface area contributed by atoms with Crippen molar-refractivity contribution < 1.29 is 4.79 Å². The molecule has 1 aromatic rings. The van der Waals surface area contributed by atoms with Gasteiger partial charge in [0.2, 0.25) is 5.91 Å². The third-order valence-electron chi connectivity index (χ3n) is 5.52. The lowest BCUT2D eigenvalue weighted by molar-refractivity contribution is -0.130. The summed E-state index contributed by atoms with van der Waals surface area (Å²) in [6.07, 6.45) is 2.74. The lowest BCUT2D eigenvalue weighted by Crippen LogP contribution is -2.60. The second-order valence-corrected chi connectivity index (χ2v) is 8.00. The molecule has 0 radical (unpaired) electrons. The fourth-order valence-corrected chi connectivity index (χ4v) is 4.56. The molecule has 2 fully saturated rings. The van der Waals surface area contributed by atoms with E-state index in [2.05, 4.69) is 41.1 Å². The highest BCUT2D eigenvalue weighted by atomic mass is 32.1. The highest BCUT2D eigenvalue weighted by Gasteiger charge is 2.42. The number of rotatable bonds is 3. The van der Waals surface area contributed by atoms with Crippen molar-refractivity contribution >= 4 is 17.2 Å². The Hall–Kier alpha value is -0.980. The summed E-state index contributed by atoms with van der Waals surface area (Å²) in [6.45, 7) is 10.0. The average Bonchev–Trinajstić information content (AvgIpc) is 2.86. The summed E-state index contributed by atoms with van der Waals surface area (Å²) in [6, 6.07) is 0. The van der Waals surface area contributed by atoms with Crippen LogP contribution in [0.2, 0.25) is 0 Å². The number of likely N-dealkylation sites (N-methyl/N-ethyl adjacent to an activating group) is 1. The van der Waals surface area contributed by atoms with Crippen molar-refractivity contribution in [1.82, 2.24) is 19.7 Å². The minimum Gasteiger partial charge on any atom is -0.343 e. The molecule has 1 amide bonds. The number of nitrogens with zero attached hydrogens (tertiary/aromatic N) is 4. The maximum atomic E-state index is 12.2. The molecule has 1 spiro atoms. The van der Waals surface area contributed by atoms with Gasteiger partial charge >= 0.3 is 0 Å². The van der Waals surface area contributed by atoms with E-state index in [9.17, 15) is 4.79 Å². The number of hydrogen-bond donors (Lipinski definition) is 0. The molecule has 0 N–H and O–H groups in total. The largest absolute Gasteiger partial charge is 0.343 e. The number of aromatic nitrogens is 1. The standard InChI is InChI=1S/C17H28N4OS/c1-4-21-8-7-17(6-5-16(21)22)13-20(10-9-19(17)3)11-15-12-23-14(2)18-15/h12H,4-11,13H2,1-3H3/t17-/m1/s1. The first-order valence-corrected chi connectivity index (χ1v) is 9.53. The molecule has 3 rings (SSSR count). The van der Waals surface area contributed by atoms with Crippen LogP contribution in [0.5, 0.6) is 0 Å². The molecule has 0 bridgehead atoms. The first kappa shape index (κ1) is 16.9. The lowest BCUT2D eigenvalue weighted by Gasteiger charge is -2.49. The van der Waals surface area contributed by atoms with Gasteiger partial charge in [0.1, 0.15) is 0 Å². The van der Waals surface area contributed by atoms with Crippen molar-refractivity contribution in [2.24, 2.45) is 0 Å². The topological polar surface area (TPSA) is 39.7 Å². The summed E-state index contributed by atoms with van der Waals surface area (Å²) in [5, 5.41) is 3.32. The van der Waals surface area contributed by atoms with Gasteiger partial charge in [-0.25, -0.2) is 4.98 Å². The number of hydrogen-bond acceptors (Lipinski definition) is 5. The third kappa shape index (κ3) is 3.59. The van der Waals surface area contributed by atoms with Crippen LogP contribution >= 0.6 is 11.3 Å². The van der Waals surface area contributed by atoms with Gasteiger partial charge in [-0.2, -0.15) is 0 Å². The van der Waals surface area contributed by atoms with E-state index < -0.39 is 0 Å². The maximum absolute atomic E-state index is 12.2.